The Morgan fingerprint density at radius 2 is 1.93 bits per heavy atom. The smallest absolute Gasteiger partial charge is 0.326 e. The summed E-state index contributed by atoms with van der Waals surface area (Å²) >= 11 is 0. The number of aromatic nitrogens is 4. The highest BCUT2D eigenvalue weighted by Crippen LogP contribution is 2.27. The highest BCUT2D eigenvalue weighted by atomic mass is 19.1. The zero-order valence-corrected chi connectivity index (χ0v) is 15.0. The number of halogens is 1. The summed E-state index contributed by atoms with van der Waals surface area (Å²) in [6, 6.07) is -0.207. The van der Waals surface area contributed by atoms with Gasteiger partial charge in [0.1, 0.15) is 11.9 Å². The number of anilines is 2. The van der Waals surface area contributed by atoms with Gasteiger partial charge in [0.2, 0.25) is 11.9 Å². The summed E-state index contributed by atoms with van der Waals surface area (Å²) < 4.78 is 15.1. The lowest BCUT2D eigenvalue weighted by molar-refractivity contribution is -0.115. The third-order valence-electron chi connectivity index (χ3n) is 5.02. The number of hydrogen-bond acceptors (Lipinski definition) is 7. The van der Waals surface area contributed by atoms with Crippen molar-refractivity contribution in [1.82, 2.24) is 30.2 Å². The number of rotatable bonds is 4. The number of piperidine rings is 1. The first-order chi connectivity index (χ1) is 13.6. The lowest BCUT2D eigenvalue weighted by Gasteiger charge is -2.28. The molecule has 10 nitrogen and oxygen atoms in total. The second-order valence-corrected chi connectivity index (χ2v) is 7.23. The largest absolute Gasteiger partial charge is 0.351 e. The first-order valence-electron chi connectivity index (χ1n) is 9.32. The minimum atomic E-state index is -0.788. The maximum absolute atomic E-state index is 13.5. The van der Waals surface area contributed by atoms with Crippen LogP contribution in [-0.4, -0.2) is 56.8 Å². The average Bonchev–Trinajstić information content (AvgIpc) is 3.31. The molecule has 0 aromatic carbocycles. The first kappa shape index (κ1) is 16.9. The van der Waals surface area contributed by atoms with Gasteiger partial charge in [-0.25, -0.2) is 9.18 Å². The van der Waals surface area contributed by atoms with E-state index in [9.17, 15) is 14.0 Å². The zero-order chi connectivity index (χ0) is 19.3. The zero-order valence-electron chi connectivity index (χ0n) is 15.0. The van der Waals surface area contributed by atoms with Crippen LogP contribution in [0.15, 0.2) is 11.9 Å². The van der Waals surface area contributed by atoms with E-state index in [1.165, 1.54) is 6.08 Å². The van der Waals surface area contributed by atoms with Crippen molar-refractivity contribution >= 4 is 35.6 Å². The quantitative estimate of drug-likeness (QED) is 0.526. The van der Waals surface area contributed by atoms with Crippen LogP contribution >= 0.6 is 0 Å². The molecule has 4 heterocycles. The van der Waals surface area contributed by atoms with Crippen molar-refractivity contribution in [3.05, 3.63) is 17.5 Å². The van der Waals surface area contributed by atoms with Crippen LogP contribution in [0.25, 0.3) is 11.7 Å². The Balaban J connectivity index is 1.56. The number of nitrogens with one attached hydrogen (secondary N) is 3. The van der Waals surface area contributed by atoms with Gasteiger partial charge in [-0.05, 0) is 31.8 Å². The van der Waals surface area contributed by atoms with Gasteiger partial charge in [0.25, 0.3) is 5.91 Å². The molecule has 3 fully saturated rings. The molecule has 28 heavy (non-hydrogen) atoms. The molecule has 1 saturated carbocycles. The Bertz CT molecular complexity index is 990. The number of imide groups is 1. The number of carbonyl (C=O) groups excluding carboxylic acids is 2. The number of alkyl halides is 1. The molecular formula is C17H19FN8O2. The van der Waals surface area contributed by atoms with E-state index in [0.717, 1.165) is 12.8 Å². The summed E-state index contributed by atoms with van der Waals surface area (Å²) in [4.78, 5) is 34.4. The van der Waals surface area contributed by atoms with Gasteiger partial charge in [-0.1, -0.05) is 0 Å². The molecule has 2 saturated heterocycles. The Kier molecular flexibility index (Phi) is 3.88. The van der Waals surface area contributed by atoms with E-state index in [4.69, 9.17) is 0 Å². The van der Waals surface area contributed by atoms with Crippen molar-refractivity contribution in [3.8, 4) is 0 Å². The van der Waals surface area contributed by atoms with Gasteiger partial charge >= 0.3 is 6.03 Å². The van der Waals surface area contributed by atoms with Gasteiger partial charge < -0.3 is 15.5 Å². The van der Waals surface area contributed by atoms with Gasteiger partial charge in [-0.3, -0.25) is 10.1 Å². The van der Waals surface area contributed by atoms with Crippen LogP contribution in [0.4, 0.5) is 21.1 Å². The SMILES string of the molecule is O=C1NC(=O)/C(=C/c2cnn3c(NC4CC4)nc(N4CCC(F)CC4)nc23)N1. The van der Waals surface area contributed by atoms with E-state index < -0.39 is 18.1 Å². The van der Waals surface area contributed by atoms with E-state index in [1.807, 2.05) is 4.90 Å². The maximum Gasteiger partial charge on any atom is 0.326 e. The van der Waals surface area contributed by atoms with Gasteiger partial charge in [0.15, 0.2) is 5.65 Å². The van der Waals surface area contributed by atoms with Crippen LogP contribution in [-0.2, 0) is 4.79 Å². The summed E-state index contributed by atoms with van der Waals surface area (Å²) in [5.74, 6) is 0.567. The summed E-state index contributed by atoms with van der Waals surface area (Å²) in [6.07, 6.45) is 5.35. The third-order valence-corrected chi connectivity index (χ3v) is 5.02. The van der Waals surface area contributed by atoms with Crippen LogP contribution in [0, 0.1) is 0 Å². The summed E-state index contributed by atoms with van der Waals surface area (Å²) in [7, 11) is 0. The van der Waals surface area contributed by atoms with Gasteiger partial charge in [-0.2, -0.15) is 19.6 Å². The Hall–Kier alpha value is -3.24. The molecule has 5 rings (SSSR count). The fourth-order valence-corrected chi connectivity index (χ4v) is 3.32. The summed E-state index contributed by atoms with van der Waals surface area (Å²) in [5, 5.41) is 12.3. The maximum atomic E-state index is 13.5. The molecule has 3 N–H and O–H groups in total. The van der Waals surface area contributed by atoms with Crippen LogP contribution < -0.4 is 20.9 Å². The first-order valence-corrected chi connectivity index (χ1v) is 9.32. The van der Waals surface area contributed by atoms with E-state index in [-0.39, 0.29) is 5.70 Å². The minimum Gasteiger partial charge on any atom is -0.351 e. The minimum absolute atomic E-state index is 0.134. The predicted molar refractivity (Wildman–Crippen MR) is 98.4 cm³/mol. The van der Waals surface area contributed by atoms with Gasteiger partial charge in [-0.15, -0.1) is 0 Å². The van der Waals surface area contributed by atoms with Crippen molar-refractivity contribution in [2.45, 2.75) is 37.9 Å². The normalized spacial score (nSPS) is 22.0. The monoisotopic (exact) mass is 386 g/mol. The van der Waals surface area contributed by atoms with Crippen molar-refractivity contribution in [2.24, 2.45) is 0 Å². The van der Waals surface area contributed by atoms with E-state index in [2.05, 4.69) is 31.0 Å². The van der Waals surface area contributed by atoms with Crippen molar-refractivity contribution < 1.29 is 14.0 Å². The number of fused-ring (bicyclic) bond motifs is 1. The number of urea groups is 1. The standard InChI is InChI=1S/C17H19FN8O2/c18-10-3-5-25(6-4-10)15-22-13-9(7-12-14(27)23-17(28)21-12)8-19-26(13)16(24-15)20-11-1-2-11/h7-8,10-11H,1-6H2,(H,20,22,24)(H2,21,23,27,28)/b12-7-. The molecular weight excluding hydrogens is 367 g/mol. The van der Waals surface area contributed by atoms with Crippen LogP contribution in [0.2, 0.25) is 0 Å². The highest BCUT2D eigenvalue weighted by Gasteiger charge is 2.27. The Morgan fingerprint density at radius 1 is 1.14 bits per heavy atom. The molecule has 0 radical (unpaired) electrons. The molecule has 3 amide bonds. The van der Waals surface area contributed by atoms with E-state index in [0.29, 0.717) is 55.1 Å². The Labute approximate surface area is 159 Å². The molecule has 0 bridgehead atoms. The predicted octanol–water partition coefficient (Wildman–Crippen LogP) is 0.817. The van der Waals surface area contributed by atoms with Gasteiger partial charge in [0, 0.05) is 24.7 Å². The lowest BCUT2D eigenvalue weighted by atomic mass is 10.1. The van der Waals surface area contributed by atoms with Gasteiger partial charge in [0.05, 0.1) is 6.20 Å². The number of carbonyl (C=O) groups is 2. The molecule has 3 aliphatic rings. The number of nitrogens with zero attached hydrogens (tertiary/aromatic N) is 5. The number of hydrogen-bond donors (Lipinski definition) is 3. The van der Waals surface area contributed by atoms with E-state index in [1.54, 1.807) is 10.7 Å². The second-order valence-electron chi connectivity index (χ2n) is 7.23. The van der Waals surface area contributed by atoms with Crippen LogP contribution in [0.3, 0.4) is 0 Å². The molecule has 2 aromatic rings. The molecule has 11 heteroatoms. The Morgan fingerprint density at radius 3 is 2.61 bits per heavy atom. The second kappa shape index (κ2) is 6.43. The fourth-order valence-electron chi connectivity index (χ4n) is 3.32. The molecule has 2 aromatic heterocycles. The average molecular weight is 386 g/mol. The topological polar surface area (TPSA) is 117 Å². The molecule has 1 aliphatic carbocycles. The fraction of sp³-hybridized carbons (Fsp3) is 0.471. The molecule has 146 valence electrons. The molecule has 0 spiro atoms. The lowest BCUT2D eigenvalue weighted by Crippen LogP contribution is -2.36. The van der Waals surface area contributed by atoms with Crippen molar-refractivity contribution in [2.75, 3.05) is 23.3 Å². The summed E-state index contributed by atoms with van der Waals surface area (Å²) in [6.45, 7) is 1.09. The van der Waals surface area contributed by atoms with E-state index >= 15 is 0 Å². The molecule has 0 unspecified atom stereocenters. The molecule has 0 atom stereocenters. The van der Waals surface area contributed by atoms with Crippen LogP contribution in [0.1, 0.15) is 31.2 Å². The van der Waals surface area contributed by atoms with Crippen molar-refractivity contribution in [1.29, 1.82) is 0 Å². The third kappa shape index (κ3) is 3.12. The van der Waals surface area contributed by atoms with Crippen LogP contribution in [0.5, 0.6) is 0 Å². The highest BCUT2D eigenvalue weighted by molar-refractivity contribution is 6.14. The molecule has 2 aliphatic heterocycles. The van der Waals surface area contributed by atoms with Crippen molar-refractivity contribution in [3.63, 3.8) is 0 Å². The number of amides is 3. The summed E-state index contributed by atoms with van der Waals surface area (Å²) in [5.41, 5.74) is 1.22.